The fraction of sp³-hybridized carbons (Fsp3) is 0.474. The average Bonchev–Trinajstić information content (AvgIpc) is 3.04. The molecule has 2 amide bonds. The molecule has 1 unspecified atom stereocenters. The highest BCUT2D eigenvalue weighted by Gasteiger charge is 2.47. The lowest BCUT2D eigenvalue weighted by Crippen LogP contribution is -2.52. The molecular formula is C19H23N3O3. The lowest BCUT2D eigenvalue weighted by molar-refractivity contribution is -0.00540. The van der Waals surface area contributed by atoms with Crippen LogP contribution in [0.4, 0.5) is 4.79 Å². The van der Waals surface area contributed by atoms with E-state index in [1.165, 1.54) is 5.56 Å². The van der Waals surface area contributed by atoms with E-state index >= 15 is 0 Å². The van der Waals surface area contributed by atoms with E-state index in [-0.39, 0.29) is 12.0 Å². The Hall–Kier alpha value is -2.50. The van der Waals surface area contributed by atoms with Gasteiger partial charge >= 0.3 is 6.09 Å². The average molecular weight is 341 g/mol. The van der Waals surface area contributed by atoms with Gasteiger partial charge in [-0.1, -0.05) is 11.6 Å². The number of carbonyl (C=O) groups is 2. The minimum absolute atomic E-state index is 0.0176. The molecule has 2 saturated heterocycles. The summed E-state index contributed by atoms with van der Waals surface area (Å²) in [5.74, 6) is -0.0176. The van der Waals surface area contributed by atoms with Crippen LogP contribution in [0, 0.1) is 13.8 Å². The van der Waals surface area contributed by atoms with E-state index in [0.29, 0.717) is 25.3 Å². The molecule has 2 fully saturated rings. The van der Waals surface area contributed by atoms with Crippen LogP contribution in [0.2, 0.25) is 0 Å². The molecule has 0 radical (unpaired) electrons. The van der Waals surface area contributed by atoms with E-state index in [1.54, 1.807) is 11.9 Å². The first-order chi connectivity index (χ1) is 11.9. The summed E-state index contributed by atoms with van der Waals surface area (Å²) in [6.07, 6.45) is 1.34. The van der Waals surface area contributed by atoms with Gasteiger partial charge in [-0.25, -0.2) is 4.79 Å². The second-order valence-corrected chi connectivity index (χ2v) is 7.41. The third-order valence-electron chi connectivity index (χ3n) is 5.40. The summed E-state index contributed by atoms with van der Waals surface area (Å²) >= 11 is 0. The summed E-state index contributed by atoms with van der Waals surface area (Å²) in [4.78, 5) is 31.6. The topological polar surface area (TPSA) is 65.6 Å². The van der Waals surface area contributed by atoms with Gasteiger partial charge in [0.25, 0.3) is 5.91 Å². The van der Waals surface area contributed by atoms with Crippen molar-refractivity contribution in [1.82, 2.24) is 14.8 Å². The van der Waals surface area contributed by atoms with Gasteiger partial charge in [-0.05, 0) is 44.4 Å². The van der Waals surface area contributed by atoms with Crippen molar-refractivity contribution in [3.8, 4) is 0 Å². The molecule has 1 aromatic carbocycles. The first-order valence-corrected chi connectivity index (χ1v) is 8.71. The molecule has 2 aliphatic rings. The number of H-pyrrole nitrogens is 1. The predicted molar refractivity (Wildman–Crippen MR) is 94.8 cm³/mol. The minimum Gasteiger partial charge on any atom is -0.439 e. The summed E-state index contributed by atoms with van der Waals surface area (Å²) < 4.78 is 5.61. The van der Waals surface area contributed by atoms with Crippen LogP contribution in [0.25, 0.3) is 10.9 Å². The normalized spacial score (nSPS) is 23.6. The van der Waals surface area contributed by atoms with E-state index in [1.807, 2.05) is 30.9 Å². The monoisotopic (exact) mass is 341 g/mol. The molecule has 2 aromatic rings. The smallest absolute Gasteiger partial charge is 0.410 e. The quantitative estimate of drug-likeness (QED) is 0.867. The molecule has 1 aromatic heterocycles. The molecule has 3 heterocycles. The molecule has 6 heteroatoms. The maximum absolute atomic E-state index is 13.1. The first-order valence-electron chi connectivity index (χ1n) is 8.71. The first kappa shape index (κ1) is 16.0. The van der Waals surface area contributed by atoms with Gasteiger partial charge < -0.3 is 19.5 Å². The highest BCUT2D eigenvalue weighted by atomic mass is 16.6. The minimum atomic E-state index is -0.559. The third kappa shape index (κ3) is 2.56. The summed E-state index contributed by atoms with van der Waals surface area (Å²) in [7, 11) is 1.74. The number of nitrogens with one attached hydrogen (secondary N) is 1. The molecule has 4 rings (SSSR count). The number of aromatic amines is 1. The number of rotatable bonds is 1. The van der Waals surface area contributed by atoms with Crippen molar-refractivity contribution in [3.63, 3.8) is 0 Å². The molecule has 1 atom stereocenters. The fourth-order valence-corrected chi connectivity index (χ4v) is 4.09. The number of hydrogen-bond donors (Lipinski definition) is 1. The standard InChI is InChI=1S/C19H23N3O3/c1-12-5-6-15-14(9-12)13(2)16(20-15)17(23)22-8-4-7-19(11-22)10-21(3)18(24)25-19/h5-6,9,20H,4,7-8,10-11H2,1-3H3. The number of likely N-dealkylation sites (N-methyl/N-ethyl adjacent to an activating group) is 1. The zero-order valence-corrected chi connectivity index (χ0v) is 14.9. The molecule has 1 spiro atoms. The SMILES string of the molecule is Cc1ccc2[nH]c(C(=O)N3CCCC4(CN(C)C(=O)O4)C3)c(C)c2c1. The maximum atomic E-state index is 13.1. The van der Waals surface area contributed by atoms with Crippen LogP contribution in [-0.2, 0) is 4.74 Å². The highest BCUT2D eigenvalue weighted by Crippen LogP contribution is 2.32. The van der Waals surface area contributed by atoms with Crippen molar-refractivity contribution in [2.45, 2.75) is 32.3 Å². The van der Waals surface area contributed by atoms with Gasteiger partial charge in [0.1, 0.15) is 11.3 Å². The number of likely N-dealkylation sites (tertiary alicyclic amines) is 1. The number of carbonyl (C=O) groups excluding carboxylic acids is 2. The number of aromatic nitrogens is 1. The van der Waals surface area contributed by atoms with Crippen molar-refractivity contribution in [3.05, 3.63) is 35.0 Å². The highest BCUT2D eigenvalue weighted by molar-refractivity contribution is 6.01. The summed E-state index contributed by atoms with van der Waals surface area (Å²) in [6, 6.07) is 6.15. The molecule has 132 valence electrons. The molecular weight excluding hydrogens is 318 g/mol. The van der Waals surface area contributed by atoms with E-state index in [9.17, 15) is 9.59 Å². The molecule has 2 aliphatic heterocycles. The van der Waals surface area contributed by atoms with Gasteiger partial charge in [0.15, 0.2) is 0 Å². The predicted octanol–water partition coefficient (Wildman–Crippen LogP) is 2.84. The maximum Gasteiger partial charge on any atom is 0.410 e. The van der Waals surface area contributed by atoms with E-state index in [0.717, 1.165) is 29.3 Å². The Kier molecular flexibility index (Phi) is 3.52. The summed E-state index contributed by atoms with van der Waals surface area (Å²) in [5, 5.41) is 1.09. The third-order valence-corrected chi connectivity index (χ3v) is 5.40. The van der Waals surface area contributed by atoms with Crippen molar-refractivity contribution >= 4 is 22.9 Å². The fourth-order valence-electron chi connectivity index (χ4n) is 4.09. The van der Waals surface area contributed by atoms with Gasteiger partial charge in [-0.15, -0.1) is 0 Å². The Bertz CT molecular complexity index is 872. The van der Waals surface area contributed by atoms with E-state index in [4.69, 9.17) is 4.74 Å². The van der Waals surface area contributed by atoms with Crippen LogP contribution in [0.1, 0.15) is 34.5 Å². The summed E-state index contributed by atoms with van der Waals surface area (Å²) in [5.41, 5.74) is 3.20. The van der Waals surface area contributed by atoms with Crippen molar-refractivity contribution in [2.75, 3.05) is 26.7 Å². The molecule has 1 N–H and O–H groups in total. The van der Waals surface area contributed by atoms with Gasteiger partial charge in [0.2, 0.25) is 0 Å². The Morgan fingerprint density at radius 1 is 1.28 bits per heavy atom. The number of hydrogen-bond acceptors (Lipinski definition) is 3. The number of ether oxygens (including phenoxy) is 1. The van der Waals surface area contributed by atoms with Crippen LogP contribution >= 0.6 is 0 Å². The Labute approximate surface area is 146 Å². The van der Waals surface area contributed by atoms with Crippen LogP contribution in [-0.4, -0.2) is 59.1 Å². The van der Waals surface area contributed by atoms with Crippen molar-refractivity contribution in [1.29, 1.82) is 0 Å². The zero-order valence-electron chi connectivity index (χ0n) is 14.9. The Morgan fingerprint density at radius 3 is 2.80 bits per heavy atom. The van der Waals surface area contributed by atoms with E-state index in [2.05, 4.69) is 11.1 Å². The van der Waals surface area contributed by atoms with Gasteiger partial charge in [-0.2, -0.15) is 0 Å². The molecule has 0 aliphatic carbocycles. The zero-order chi connectivity index (χ0) is 17.8. The van der Waals surface area contributed by atoms with Crippen LogP contribution < -0.4 is 0 Å². The lowest BCUT2D eigenvalue weighted by atomic mass is 9.92. The van der Waals surface area contributed by atoms with E-state index < -0.39 is 5.60 Å². The molecule has 0 bridgehead atoms. The van der Waals surface area contributed by atoms with Crippen LogP contribution in [0.15, 0.2) is 18.2 Å². The number of piperidine rings is 1. The summed E-state index contributed by atoms with van der Waals surface area (Å²) in [6.45, 7) is 5.72. The van der Waals surface area contributed by atoms with Crippen LogP contribution in [0.5, 0.6) is 0 Å². The second-order valence-electron chi connectivity index (χ2n) is 7.41. The number of amides is 2. The molecule has 0 saturated carbocycles. The van der Waals surface area contributed by atoms with Gasteiger partial charge in [0.05, 0.1) is 13.1 Å². The number of fused-ring (bicyclic) bond motifs is 1. The van der Waals surface area contributed by atoms with Crippen LogP contribution in [0.3, 0.4) is 0 Å². The number of benzene rings is 1. The Morgan fingerprint density at radius 2 is 2.08 bits per heavy atom. The molecule has 25 heavy (non-hydrogen) atoms. The lowest BCUT2D eigenvalue weighted by Gasteiger charge is -2.38. The van der Waals surface area contributed by atoms with Crippen molar-refractivity contribution < 1.29 is 14.3 Å². The van der Waals surface area contributed by atoms with Gasteiger partial charge in [-0.3, -0.25) is 4.79 Å². The number of aryl methyl sites for hydroxylation is 2. The van der Waals surface area contributed by atoms with Gasteiger partial charge in [0, 0.05) is 24.5 Å². The Balaban J connectivity index is 1.63. The number of nitrogens with zero attached hydrogens (tertiary/aromatic N) is 2. The molecule has 6 nitrogen and oxygen atoms in total. The second kappa shape index (κ2) is 5.51. The largest absolute Gasteiger partial charge is 0.439 e. The van der Waals surface area contributed by atoms with Crippen molar-refractivity contribution in [2.24, 2.45) is 0 Å².